The first-order valence-corrected chi connectivity index (χ1v) is 11.6. The molecule has 1 aromatic heterocycles. The van der Waals surface area contributed by atoms with Gasteiger partial charge in [-0.25, -0.2) is 9.98 Å². The molecule has 1 fully saturated rings. The molecule has 0 saturated carbocycles. The summed E-state index contributed by atoms with van der Waals surface area (Å²) in [6.07, 6.45) is 2.93. The molecule has 3 rings (SSSR count). The molecule has 0 bridgehead atoms. The number of aromatic nitrogens is 1. The Kier molecular flexibility index (Phi) is 9.16. The van der Waals surface area contributed by atoms with E-state index in [1.807, 2.05) is 18.3 Å². The van der Waals surface area contributed by atoms with Gasteiger partial charge < -0.3 is 25.2 Å². The maximum Gasteiger partial charge on any atom is 0.191 e. The Bertz CT molecular complexity index is 846. The maximum absolute atomic E-state index is 5.25. The molecule has 0 aliphatic carbocycles. The number of aliphatic imine (C=N–C) groups is 1. The van der Waals surface area contributed by atoms with Gasteiger partial charge in [0.2, 0.25) is 0 Å². The summed E-state index contributed by atoms with van der Waals surface area (Å²) in [4.78, 5) is 14.1. The fourth-order valence-electron chi connectivity index (χ4n) is 3.79. The van der Waals surface area contributed by atoms with Crippen molar-refractivity contribution in [3.63, 3.8) is 0 Å². The van der Waals surface area contributed by atoms with E-state index in [0.29, 0.717) is 12.5 Å². The minimum absolute atomic E-state index is 0.461. The fourth-order valence-corrected chi connectivity index (χ4v) is 3.79. The van der Waals surface area contributed by atoms with Crippen LogP contribution in [0.4, 0.5) is 5.82 Å². The first-order valence-electron chi connectivity index (χ1n) is 11.6. The van der Waals surface area contributed by atoms with Crippen molar-refractivity contribution in [2.24, 2.45) is 4.99 Å². The highest BCUT2D eigenvalue weighted by Crippen LogP contribution is 2.21. The molecule has 1 aliphatic heterocycles. The van der Waals surface area contributed by atoms with Gasteiger partial charge in [0.25, 0.3) is 0 Å². The average molecular weight is 439 g/mol. The quantitative estimate of drug-likeness (QED) is 0.463. The van der Waals surface area contributed by atoms with Crippen LogP contribution < -0.4 is 20.3 Å². The minimum Gasteiger partial charge on any atom is -0.497 e. The van der Waals surface area contributed by atoms with Gasteiger partial charge in [-0.3, -0.25) is 0 Å². The summed E-state index contributed by atoms with van der Waals surface area (Å²) in [6, 6.07) is 12.6. The Labute approximate surface area is 192 Å². The van der Waals surface area contributed by atoms with E-state index < -0.39 is 0 Å². The second-order valence-corrected chi connectivity index (χ2v) is 8.40. The predicted molar refractivity (Wildman–Crippen MR) is 133 cm³/mol. The van der Waals surface area contributed by atoms with Crippen molar-refractivity contribution in [2.45, 2.75) is 32.7 Å². The predicted octanol–water partition coefficient (Wildman–Crippen LogP) is 3.09. The average Bonchev–Trinajstić information content (AvgIpc) is 2.83. The minimum atomic E-state index is 0.461. The van der Waals surface area contributed by atoms with E-state index in [1.165, 1.54) is 11.1 Å². The SMILES string of the molecule is CCNC(=NCc1ccnc(N2CCN(C)CC2)c1)NCCC(C)c1ccc(OC)cc1. The summed E-state index contributed by atoms with van der Waals surface area (Å²) in [7, 11) is 3.87. The third-order valence-corrected chi connectivity index (χ3v) is 5.96. The lowest BCUT2D eigenvalue weighted by atomic mass is 9.98. The normalized spacial score (nSPS) is 16.0. The second kappa shape index (κ2) is 12.3. The molecule has 1 saturated heterocycles. The number of pyridine rings is 1. The number of rotatable bonds is 9. The number of likely N-dealkylation sites (N-methyl/N-ethyl adjacent to an activating group) is 1. The van der Waals surface area contributed by atoms with Crippen LogP contribution in [0.5, 0.6) is 5.75 Å². The van der Waals surface area contributed by atoms with Crippen LogP contribution in [0.3, 0.4) is 0 Å². The first kappa shape index (κ1) is 23.9. The fraction of sp³-hybridized carbons (Fsp3) is 0.520. The van der Waals surface area contributed by atoms with Gasteiger partial charge in [0, 0.05) is 45.5 Å². The Morgan fingerprint density at radius 1 is 1.12 bits per heavy atom. The van der Waals surface area contributed by atoms with Gasteiger partial charge in [-0.1, -0.05) is 19.1 Å². The lowest BCUT2D eigenvalue weighted by Crippen LogP contribution is -2.44. The number of nitrogens with one attached hydrogen (secondary N) is 2. The van der Waals surface area contributed by atoms with Crippen LogP contribution in [0, 0.1) is 0 Å². The van der Waals surface area contributed by atoms with Crippen LogP contribution >= 0.6 is 0 Å². The first-order chi connectivity index (χ1) is 15.6. The Morgan fingerprint density at radius 3 is 2.56 bits per heavy atom. The van der Waals surface area contributed by atoms with E-state index in [1.54, 1.807) is 7.11 Å². The third kappa shape index (κ3) is 7.12. The van der Waals surface area contributed by atoms with Crippen LogP contribution in [0.1, 0.15) is 37.3 Å². The molecule has 32 heavy (non-hydrogen) atoms. The van der Waals surface area contributed by atoms with Gasteiger partial charge in [-0.15, -0.1) is 0 Å². The van der Waals surface area contributed by atoms with Crippen molar-refractivity contribution in [2.75, 3.05) is 58.3 Å². The molecule has 0 amide bonds. The summed E-state index contributed by atoms with van der Waals surface area (Å²) in [6.45, 7) is 10.9. The number of methoxy groups -OCH3 is 1. The zero-order valence-electron chi connectivity index (χ0n) is 20.0. The van der Waals surface area contributed by atoms with Gasteiger partial charge in [0.1, 0.15) is 11.6 Å². The van der Waals surface area contributed by atoms with Crippen LogP contribution in [0.2, 0.25) is 0 Å². The zero-order chi connectivity index (χ0) is 22.8. The summed E-state index contributed by atoms with van der Waals surface area (Å²) in [5.41, 5.74) is 2.50. The molecule has 7 heteroatoms. The molecule has 174 valence electrons. The molecule has 2 heterocycles. The van der Waals surface area contributed by atoms with Gasteiger partial charge in [0.05, 0.1) is 13.7 Å². The van der Waals surface area contributed by atoms with Gasteiger partial charge in [-0.2, -0.15) is 0 Å². The van der Waals surface area contributed by atoms with E-state index in [9.17, 15) is 0 Å². The van der Waals surface area contributed by atoms with Crippen LogP contribution in [-0.2, 0) is 6.54 Å². The maximum atomic E-state index is 5.25. The Morgan fingerprint density at radius 2 is 1.88 bits per heavy atom. The molecule has 2 aromatic rings. The molecule has 1 aliphatic rings. The van der Waals surface area contributed by atoms with Crippen molar-refractivity contribution in [3.8, 4) is 5.75 Å². The third-order valence-electron chi connectivity index (χ3n) is 5.96. The molecule has 0 radical (unpaired) electrons. The molecular weight excluding hydrogens is 400 g/mol. The van der Waals surface area contributed by atoms with E-state index >= 15 is 0 Å². The topological polar surface area (TPSA) is 65.0 Å². The lowest BCUT2D eigenvalue weighted by Gasteiger charge is -2.33. The summed E-state index contributed by atoms with van der Waals surface area (Å²) in [5.74, 6) is 3.26. The highest BCUT2D eigenvalue weighted by atomic mass is 16.5. The summed E-state index contributed by atoms with van der Waals surface area (Å²) in [5, 5.41) is 6.83. The molecule has 1 atom stereocenters. The van der Waals surface area contributed by atoms with Crippen molar-refractivity contribution < 1.29 is 4.74 Å². The number of guanidine groups is 1. The summed E-state index contributed by atoms with van der Waals surface area (Å²) < 4.78 is 5.25. The largest absolute Gasteiger partial charge is 0.497 e. The zero-order valence-corrected chi connectivity index (χ0v) is 20.0. The molecule has 0 spiro atoms. The van der Waals surface area contributed by atoms with Crippen molar-refractivity contribution in [1.29, 1.82) is 0 Å². The van der Waals surface area contributed by atoms with E-state index in [-0.39, 0.29) is 0 Å². The standard InChI is InChI=1S/C25H38N6O/c1-5-26-25(28-12-10-20(2)22-6-8-23(32-4)9-7-22)29-19-21-11-13-27-24(18-21)31-16-14-30(3)15-17-31/h6-9,11,13,18,20H,5,10,12,14-17,19H2,1-4H3,(H2,26,28,29). The van der Waals surface area contributed by atoms with Crippen molar-refractivity contribution in [1.82, 2.24) is 20.5 Å². The van der Waals surface area contributed by atoms with Gasteiger partial charge in [-0.05, 0) is 61.7 Å². The molecule has 2 N–H and O–H groups in total. The molecule has 7 nitrogen and oxygen atoms in total. The van der Waals surface area contributed by atoms with Gasteiger partial charge >= 0.3 is 0 Å². The lowest BCUT2D eigenvalue weighted by molar-refractivity contribution is 0.312. The highest BCUT2D eigenvalue weighted by Gasteiger charge is 2.15. The molecule has 1 unspecified atom stereocenters. The number of hydrogen-bond acceptors (Lipinski definition) is 5. The number of anilines is 1. The van der Waals surface area contributed by atoms with E-state index in [2.05, 4.69) is 70.6 Å². The monoisotopic (exact) mass is 438 g/mol. The van der Waals surface area contributed by atoms with Crippen LogP contribution in [0.15, 0.2) is 47.6 Å². The van der Waals surface area contributed by atoms with Gasteiger partial charge in [0.15, 0.2) is 5.96 Å². The van der Waals surface area contributed by atoms with Crippen LogP contribution in [-0.4, -0.2) is 69.3 Å². The highest BCUT2D eigenvalue weighted by molar-refractivity contribution is 5.79. The Hall–Kier alpha value is -2.80. The number of piperazine rings is 1. The number of nitrogens with zero attached hydrogens (tertiary/aromatic N) is 4. The number of ether oxygens (including phenoxy) is 1. The van der Waals surface area contributed by atoms with E-state index in [0.717, 1.165) is 63.2 Å². The molecule has 1 aromatic carbocycles. The van der Waals surface area contributed by atoms with Crippen molar-refractivity contribution in [3.05, 3.63) is 53.7 Å². The second-order valence-electron chi connectivity index (χ2n) is 8.40. The number of benzene rings is 1. The smallest absolute Gasteiger partial charge is 0.191 e. The molecular formula is C25H38N6O. The van der Waals surface area contributed by atoms with Crippen LogP contribution in [0.25, 0.3) is 0 Å². The number of hydrogen-bond donors (Lipinski definition) is 2. The Balaban J connectivity index is 1.52. The summed E-state index contributed by atoms with van der Waals surface area (Å²) >= 11 is 0. The van der Waals surface area contributed by atoms with Crippen molar-refractivity contribution >= 4 is 11.8 Å². The van der Waals surface area contributed by atoms with E-state index in [4.69, 9.17) is 9.73 Å².